The number of amides is 1. The summed E-state index contributed by atoms with van der Waals surface area (Å²) < 4.78 is 6.47. The van der Waals surface area contributed by atoms with E-state index in [0.717, 1.165) is 9.13 Å². The molecule has 0 radical (unpaired) electrons. The van der Waals surface area contributed by atoms with E-state index in [4.69, 9.17) is 16.3 Å². The summed E-state index contributed by atoms with van der Waals surface area (Å²) in [6.07, 6.45) is -0.273. The zero-order chi connectivity index (χ0) is 13.5. The van der Waals surface area contributed by atoms with Crippen molar-refractivity contribution >= 4 is 40.3 Å². The molecule has 0 saturated carbocycles. The third-order valence-corrected chi connectivity index (χ3v) is 3.80. The molecule has 2 rings (SSSR count). The Morgan fingerprint density at radius 2 is 2.06 bits per heavy atom. The minimum absolute atomic E-state index is 0.273. The van der Waals surface area contributed by atoms with E-state index in [1.165, 1.54) is 5.56 Å². The highest BCUT2D eigenvalue weighted by Gasteiger charge is 2.29. The monoisotopic (exact) mass is 379 g/mol. The second-order valence-corrected chi connectivity index (χ2v) is 6.96. The Kier molecular flexibility index (Phi) is 3.78. The molecule has 0 N–H and O–H groups in total. The summed E-state index contributed by atoms with van der Waals surface area (Å²) in [5.74, 6) is 0. The Hall–Kier alpha value is -0.490. The molecule has 0 saturated heterocycles. The summed E-state index contributed by atoms with van der Waals surface area (Å²) in [5.41, 5.74) is 1.82. The Balaban J connectivity index is 2.15. The highest BCUT2D eigenvalue weighted by molar-refractivity contribution is 14.1. The first-order chi connectivity index (χ1) is 8.26. The highest BCUT2D eigenvalue weighted by Crippen LogP contribution is 2.31. The highest BCUT2D eigenvalue weighted by atomic mass is 127. The van der Waals surface area contributed by atoms with Crippen molar-refractivity contribution in [3.63, 3.8) is 0 Å². The van der Waals surface area contributed by atoms with Crippen molar-refractivity contribution < 1.29 is 9.53 Å². The second-order valence-electron chi connectivity index (χ2n) is 5.36. The van der Waals surface area contributed by atoms with Crippen molar-refractivity contribution in [2.45, 2.75) is 39.5 Å². The molecule has 1 amide bonds. The molecule has 5 heteroatoms. The smallest absolute Gasteiger partial charge is 0.410 e. The number of nitrogens with zero attached hydrogens (tertiary/aromatic N) is 1. The van der Waals surface area contributed by atoms with Crippen LogP contribution in [0.2, 0.25) is 5.02 Å². The Labute approximate surface area is 126 Å². The van der Waals surface area contributed by atoms with E-state index in [0.29, 0.717) is 18.1 Å². The summed E-state index contributed by atoms with van der Waals surface area (Å²) in [7, 11) is 0. The molecule has 1 aliphatic heterocycles. The number of ether oxygens (including phenoxy) is 1. The number of carbonyl (C=O) groups is 1. The van der Waals surface area contributed by atoms with Crippen molar-refractivity contribution in [2.24, 2.45) is 0 Å². The van der Waals surface area contributed by atoms with Crippen LogP contribution in [-0.4, -0.2) is 16.6 Å². The fourth-order valence-corrected chi connectivity index (χ4v) is 3.16. The minimum atomic E-state index is -0.462. The molecule has 98 valence electrons. The number of hydrogen-bond donors (Lipinski definition) is 0. The number of benzene rings is 1. The van der Waals surface area contributed by atoms with E-state index < -0.39 is 5.60 Å². The number of hydrogen-bond acceptors (Lipinski definition) is 2. The average molecular weight is 380 g/mol. The Bertz CT molecular complexity index is 496. The number of halogens is 2. The van der Waals surface area contributed by atoms with Crippen LogP contribution in [0.1, 0.15) is 31.9 Å². The van der Waals surface area contributed by atoms with Crippen molar-refractivity contribution in [1.82, 2.24) is 4.90 Å². The lowest BCUT2D eigenvalue weighted by Crippen LogP contribution is -2.33. The topological polar surface area (TPSA) is 29.5 Å². The molecule has 0 bridgehead atoms. The summed E-state index contributed by atoms with van der Waals surface area (Å²) in [4.78, 5) is 13.7. The van der Waals surface area contributed by atoms with Gasteiger partial charge in [-0.25, -0.2) is 4.79 Å². The van der Waals surface area contributed by atoms with Crippen LogP contribution in [0.15, 0.2) is 12.1 Å². The first-order valence-electron chi connectivity index (χ1n) is 5.71. The maximum absolute atomic E-state index is 12.0. The first kappa shape index (κ1) is 13.9. The molecule has 0 atom stereocenters. The van der Waals surface area contributed by atoms with Gasteiger partial charge < -0.3 is 4.74 Å². The fourth-order valence-electron chi connectivity index (χ4n) is 1.88. The van der Waals surface area contributed by atoms with Gasteiger partial charge in [-0.15, -0.1) is 0 Å². The van der Waals surface area contributed by atoms with E-state index in [9.17, 15) is 4.79 Å². The predicted molar refractivity (Wildman–Crippen MR) is 79.7 cm³/mol. The van der Waals surface area contributed by atoms with E-state index in [1.807, 2.05) is 32.9 Å². The van der Waals surface area contributed by atoms with Gasteiger partial charge in [-0.2, -0.15) is 0 Å². The van der Waals surface area contributed by atoms with Gasteiger partial charge in [0.1, 0.15) is 5.60 Å². The van der Waals surface area contributed by atoms with Gasteiger partial charge in [0.25, 0.3) is 0 Å². The van der Waals surface area contributed by atoms with Crippen LogP contribution >= 0.6 is 34.2 Å². The lowest BCUT2D eigenvalue weighted by Gasteiger charge is -2.24. The molecule has 3 nitrogen and oxygen atoms in total. The van der Waals surface area contributed by atoms with Crippen molar-refractivity contribution in [1.29, 1.82) is 0 Å². The predicted octanol–water partition coefficient (Wildman–Crippen LogP) is 4.20. The number of rotatable bonds is 0. The van der Waals surface area contributed by atoms with Crippen molar-refractivity contribution in [2.75, 3.05) is 0 Å². The second kappa shape index (κ2) is 4.89. The van der Waals surface area contributed by atoms with Crippen LogP contribution in [-0.2, 0) is 17.8 Å². The van der Waals surface area contributed by atoms with Gasteiger partial charge in [0.2, 0.25) is 0 Å². The lowest BCUT2D eigenvalue weighted by molar-refractivity contribution is 0.0241. The van der Waals surface area contributed by atoms with E-state index in [2.05, 4.69) is 22.6 Å². The molecule has 1 heterocycles. The summed E-state index contributed by atoms with van der Waals surface area (Å²) in [6.45, 7) is 6.78. The molecule has 1 aromatic carbocycles. The van der Waals surface area contributed by atoms with Crippen LogP contribution < -0.4 is 0 Å². The standard InChI is InChI=1S/C13H15ClINO2/c1-13(2,3)18-12(17)16-6-8-4-9(14)5-11(15)10(8)7-16/h4-5H,6-7H2,1-3H3. The Morgan fingerprint density at radius 1 is 1.39 bits per heavy atom. The van der Waals surface area contributed by atoms with E-state index in [-0.39, 0.29) is 6.09 Å². The minimum Gasteiger partial charge on any atom is -0.444 e. The zero-order valence-electron chi connectivity index (χ0n) is 10.6. The third kappa shape index (κ3) is 3.09. The van der Waals surface area contributed by atoms with Crippen molar-refractivity contribution in [3.8, 4) is 0 Å². The summed E-state index contributed by atoms with van der Waals surface area (Å²) in [6, 6.07) is 3.84. The van der Waals surface area contributed by atoms with Crippen LogP contribution in [0.5, 0.6) is 0 Å². The van der Waals surface area contributed by atoms with Crippen molar-refractivity contribution in [3.05, 3.63) is 31.9 Å². The van der Waals surface area contributed by atoms with Gasteiger partial charge in [0, 0.05) is 15.1 Å². The molecular formula is C13H15ClINO2. The zero-order valence-corrected chi connectivity index (χ0v) is 13.5. The molecule has 0 unspecified atom stereocenters. The molecule has 0 spiro atoms. The van der Waals surface area contributed by atoms with Crippen LogP contribution in [0.3, 0.4) is 0 Å². The van der Waals surface area contributed by atoms with Gasteiger partial charge in [-0.1, -0.05) is 11.6 Å². The molecule has 1 aromatic rings. The van der Waals surface area contributed by atoms with Crippen LogP contribution in [0, 0.1) is 3.57 Å². The van der Waals surface area contributed by atoms with E-state index >= 15 is 0 Å². The normalized spacial score (nSPS) is 14.6. The summed E-state index contributed by atoms with van der Waals surface area (Å²) in [5, 5.41) is 0.712. The Morgan fingerprint density at radius 3 is 2.67 bits per heavy atom. The average Bonchev–Trinajstić information content (AvgIpc) is 2.58. The molecular weight excluding hydrogens is 365 g/mol. The fraction of sp³-hybridized carbons (Fsp3) is 0.462. The molecule has 18 heavy (non-hydrogen) atoms. The molecule has 0 aliphatic carbocycles. The van der Waals surface area contributed by atoms with E-state index in [1.54, 1.807) is 4.90 Å². The number of carbonyl (C=O) groups excluding carboxylic acids is 1. The van der Waals surface area contributed by atoms with Crippen LogP contribution in [0.25, 0.3) is 0 Å². The molecule has 0 fully saturated rings. The van der Waals surface area contributed by atoms with Gasteiger partial charge in [0.15, 0.2) is 0 Å². The number of fused-ring (bicyclic) bond motifs is 1. The van der Waals surface area contributed by atoms with Crippen LogP contribution in [0.4, 0.5) is 4.79 Å². The largest absolute Gasteiger partial charge is 0.444 e. The SMILES string of the molecule is CC(C)(C)OC(=O)N1Cc2cc(Cl)cc(I)c2C1. The van der Waals surface area contributed by atoms with Gasteiger partial charge in [-0.05, 0) is 66.6 Å². The first-order valence-corrected chi connectivity index (χ1v) is 7.16. The van der Waals surface area contributed by atoms with Gasteiger partial charge >= 0.3 is 6.09 Å². The maximum atomic E-state index is 12.0. The van der Waals surface area contributed by atoms with Gasteiger partial charge in [-0.3, -0.25) is 4.90 Å². The maximum Gasteiger partial charge on any atom is 0.410 e. The molecule has 0 aromatic heterocycles. The summed E-state index contributed by atoms with van der Waals surface area (Å²) >= 11 is 8.27. The third-order valence-electron chi connectivity index (χ3n) is 2.61. The lowest BCUT2D eigenvalue weighted by atomic mass is 10.1. The van der Waals surface area contributed by atoms with Gasteiger partial charge in [0.05, 0.1) is 6.54 Å². The quantitative estimate of drug-likeness (QED) is 0.633. The molecule has 1 aliphatic rings.